The predicted octanol–water partition coefficient (Wildman–Crippen LogP) is 10.9. The molecule has 2 N–H and O–H groups in total. The number of nitrogens with two attached hydrogens (primary N) is 1. The lowest BCUT2D eigenvalue weighted by Crippen LogP contribution is -2.13. The number of fused-ring (bicyclic) bond motifs is 7. The van der Waals surface area contributed by atoms with E-state index in [1.807, 2.05) is 30.0 Å². The van der Waals surface area contributed by atoms with Gasteiger partial charge in [0.15, 0.2) is 0 Å². The van der Waals surface area contributed by atoms with Gasteiger partial charge in [-0.3, -0.25) is 0 Å². The van der Waals surface area contributed by atoms with Crippen molar-refractivity contribution in [3.8, 4) is 16.8 Å². The molecule has 2 aromatic heterocycles. The van der Waals surface area contributed by atoms with E-state index in [1.54, 1.807) is 0 Å². The first-order chi connectivity index (χ1) is 22.2. The third kappa shape index (κ3) is 4.28. The Morgan fingerprint density at radius 2 is 1.51 bits per heavy atom. The van der Waals surface area contributed by atoms with Crippen LogP contribution in [-0.4, -0.2) is 10.3 Å². The number of anilines is 1. The zero-order chi connectivity index (χ0) is 29.9. The summed E-state index contributed by atoms with van der Waals surface area (Å²) in [6, 6.07) is 45.0. The lowest BCUT2D eigenvalue weighted by molar-refractivity contribution is 0.669. The van der Waals surface area contributed by atoms with Gasteiger partial charge in [0.25, 0.3) is 0 Å². The monoisotopic (exact) mass is 598 g/mol. The highest BCUT2D eigenvalue weighted by Gasteiger charge is 2.25. The molecule has 0 saturated heterocycles. The molecule has 1 unspecified atom stereocenters. The minimum absolute atomic E-state index is 0.354. The van der Waals surface area contributed by atoms with Crippen LogP contribution in [-0.2, 0) is 6.42 Å². The van der Waals surface area contributed by atoms with Crippen molar-refractivity contribution in [2.45, 2.75) is 11.3 Å². The van der Waals surface area contributed by atoms with Crippen LogP contribution in [0, 0.1) is 5.92 Å². The Kier molecular flexibility index (Phi) is 6.10. The van der Waals surface area contributed by atoms with Crippen molar-refractivity contribution in [3.63, 3.8) is 0 Å². The Balaban J connectivity index is 1.11. The topological polar surface area (TPSA) is 44.1 Å². The zero-order valence-electron chi connectivity index (χ0n) is 24.6. The van der Waals surface area contributed by atoms with Crippen molar-refractivity contribution < 1.29 is 4.42 Å². The Bertz CT molecular complexity index is 2430. The molecule has 3 nitrogen and oxygen atoms in total. The van der Waals surface area contributed by atoms with Crippen LogP contribution < -0.4 is 5.73 Å². The molecule has 0 saturated carbocycles. The Morgan fingerprint density at radius 3 is 2.40 bits per heavy atom. The number of allylic oxidation sites excluding steroid dienone is 1. The average molecular weight is 599 g/mol. The summed E-state index contributed by atoms with van der Waals surface area (Å²) in [6.07, 6.45) is 5.69. The summed E-state index contributed by atoms with van der Waals surface area (Å²) < 4.78 is 8.99. The highest BCUT2D eigenvalue weighted by atomic mass is 32.2. The second-order valence-corrected chi connectivity index (χ2v) is 12.9. The normalized spacial score (nSPS) is 14.5. The molecule has 1 aliphatic carbocycles. The van der Waals surface area contributed by atoms with Crippen molar-refractivity contribution in [1.29, 1.82) is 0 Å². The third-order valence-corrected chi connectivity index (χ3v) is 10.5. The van der Waals surface area contributed by atoms with E-state index in [-0.39, 0.29) is 0 Å². The molecule has 8 aromatic rings. The van der Waals surface area contributed by atoms with Gasteiger partial charge in [-0.05, 0) is 59.0 Å². The van der Waals surface area contributed by atoms with Gasteiger partial charge in [-0.15, -0.1) is 11.8 Å². The largest absolute Gasteiger partial charge is 0.455 e. The Hall–Kier alpha value is -5.19. The van der Waals surface area contributed by atoms with Crippen LogP contribution in [0.25, 0.3) is 66.5 Å². The number of nitrogens with zero attached hydrogens (tertiary/aromatic N) is 1. The molecular weight excluding hydrogens is 569 g/mol. The van der Waals surface area contributed by atoms with E-state index < -0.39 is 0 Å². The van der Waals surface area contributed by atoms with Gasteiger partial charge < -0.3 is 14.7 Å². The highest BCUT2D eigenvalue weighted by Crippen LogP contribution is 2.46. The van der Waals surface area contributed by atoms with Crippen molar-refractivity contribution >= 4 is 67.1 Å². The van der Waals surface area contributed by atoms with Crippen LogP contribution >= 0.6 is 11.8 Å². The summed E-state index contributed by atoms with van der Waals surface area (Å²) >= 11 is 1.85. The van der Waals surface area contributed by atoms with Crippen molar-refractivity contribution in [3.05, 3.63) is 145 Å². The first-order valence-electron chi connectivity index (χ1n) is 15.4. The summed E-state index contributed by atoms with van der Waals surface area (Å²) in [5.74, 6) is 1.27. The number of aromatic nitrogens is 1. The number of furan rings is 1. The van der Waals surface area contributed by atoms with Crippen molar-refractivity contribution in [1.82, 2.24) is 4.57 Å². The molecule has 0 aliphatic heterocycles. The molecular formula is C41H30N2OS. The van der Waals surface area contributed by atoms with Gasteiger partial charge in [0.05, 0.1) is 5.52 Å². The predicted molar refractivity (Wildman–Crippen MR) is 191 cm³/mol. The lowest BCUT2D eigenvalue weighted by Gasteiger charge is -2.21. The van der Waals surface area contributed by atoms with E-state index in [0.29, 0.717) is 5.92 Å². The summed E-state index contributed by atoms with van der Waals surface area (Å²) in [6.45, 7) is 0. The quantitative estimate of drug-likeness (QED) is 0.158. The first kappa shape index (κ1) is 26.2. The molecule has 0 radical (unpaired) electrons. The van der Waals surface area contributed by atoms with Gasteiger partial charge in [0, 0.05) is 55.0 Å². The van der Waals surface area contributed by atoms with Crippen molar-refractivity contribution in [2.75, 3.05) is 11.5 Å². The second-order valence-electron chi connectivity index (χ2n) is 11.9. The molecule has 2 heterocycles. The SMILES string of the molecule is Nc1cc(-c2ccccc2)c2oc3ccccc3c2c1SCC1C=Cc2c(n(-c3ccc4ccccc4c3)c3ccccc23)C1. The fourth-order valence-corrected chi connectivity index (χ4v) is 8.23. The van der Waals surface area contributed by atoms with Crippen LogP contribution in [0.1, 0.15) is 11.3 Å². The molecule has 0 fully saturated rings. The number of hydrogen-bond donors (Lipinski definition) is 1. The summed E-state index contributed by atoms with van der Waals surface area (Å²) in [7, 11) is 0. The number of hydrogen-bond acceptors (Lipinski definition) is 3. The summed E-state index contributed by atoms with van der Waals surface area (Å²) in [5.41, 5.74) is 16.8. The van der Waals surface area contributed by atoms with Gasteiger partial charge in [-0.25, -0.2) is 0 Å². The maximum atomic E-state index is 6.88. The molecule has 1 aliphatic rings. The van der Waals surface area contributed by atoms with Gasteiger partial charge in [-0.1, -0.05) is 109 Å². The van der Waals surface area contributed by atoms with E-state index in [2.05, 4.69) is 126 Å². The van der Waals surface area contributed by atoms with E-state index in [4.69, 9.17) is 10.2 Å². The van der Waals surface area contributed by atoms with Gasteiger partial charge in [-0.2, -0.15) is 0 Å². The van der Waals surface area contributed by atoms with Crippen LogP contribution in [0.2, 0.25) is 0 Å². The molecule has 1 atom stereocenters. The van der Waals surface area contributed by atoms with Crippen LogP contribution in [0.4, 0.5) is 5.69 Å². The lowest BCUT2D eigenvalue weighted by atomic mass is 9.94. The standard InChI is InChI=1S/C41H30N2OS/c42-35-24-34(28-11-2-1-3-12-28)40-39(33-15-7-9-17-38(33)44-40)41(35)45-25-26-18-21-32-31-14-6-8-16-36(31)43(37(32)22-26)30-20-19-27-10-4-5-13-29(27)23-30/h1-21,23-24,26H,22,25,42H2. The van der Waals surface area contributed by atoms with E-state index >= 15 is 0 Å². The number of thioether (sulfide) groups is 1. The Morgan fingerprint density at radius 1 is 0.756 bits per heavy atom. The van der Waals surface area contributed by atoms with Crippen LogP contribution in [0.5, 0.6) is 0 Å². The van der Waals surface area contributed by atoms with Crippen LogP contribution in [0.15, 0.2) is 143 Å². The number of rotatable bonds is 5. The van der Waals surface area contributed by atoms with E-state index in [1.165, 1.54) is 38.6 Å². The summed E-state index contributed by atoms with van der Waals surface area (Å²) in [4.78, 5) is 1.10. The second kappa shape index (κ2) is 10.5. The fraction of sp³-hybridized carbons (Fsp3) is 0.0732. The molecule has 45 heavy (non-hydrogen) atoms. The molecule has 9 rings (SSSR count). The molecule has 4 heteroatoms. The van der Waals surface area contributed by atoms with Gasteiger partial charge in [0.2, 0.25) is 0 Å². The first-order valence-corrected chi connectivity index (χ1v) is 16.4. The molecule has 6 aromatic carbocycles. The Labute approximate surface area is 265 Å². The third-order valence-electron chi connectivity index (χ3n) is 9.15. The molecule has 216 valence electrons. The van der Waals surface area contributed by atoms with Crippen molar-refractivity contribution in [2.24, 2.45) is 5.92 Å². The number of nitrogen functional groups attached to an aromatic ring is 1. The minimum atomic E-state index is 0.354. The number of para-hydroxylation sites is 2. The molecule has 0 spiro atoms. The maximum absolute atomic E-state index is 6.88. The van der Waals surface area contributed by atoms with Crippen LogP contribution in [0.3, 0.4) is 0 Å². The average Bonchev–Trinajstić information content (AvgIpc) is 3.64. The maximum Gasteiger partial charge on any atom is 0.144 e. The highest BCUT2D eigenvalue weighted by molar-refractivity contribution is 7.99. The van der Waals surface area contributed by atoms with Gasteiger partial charge in [0.1, 0.15) is 11.2 Å². The summed E-state index contributed by atoms with van der Waals surface area (Å²) in [5, 5.41) is 6.04. The fourth-order valence-electron chi connectivity index (χ4n) is 7.05. The minimum Gasteiger partial charge on any atom is -0.455 e. The number of benzene rings is 6. The van der Waals surface area contributed by atoms with E-state index in [9.17, 15) is 0 Å². The zero-order valence-corrected chi connectivity index (χ0v) is 25.4. The van der Waals surface area contributed by atoms with E-state index in [0.717, 1.165) is 55.8 Å². The molecule has 0 amide bonds. The smallest absolute Gasteiger partial charge is 0.144 e. The molecule has 0 bridgehead atoms. The van der Waals surface area contributed by atoms with Gasteiger partial charge >= 0.3 is 0 Å².